The zero-order valence-corrected chi connectivity index (χ0v) is 12.8. The van der Waals surface area contributed by atoms with Gasteiger partial charge >= 0.3 is 11.9 Å². The molecule has 0 spiro atoms. The number of esters is 2. The van der Waals surface area contributed by atoms with Gasteiger partial charge in [-0.3, -0.25) is 9.59 Å². The van der Waals surface area contributed by atoms with Crippen LogP contribution in [0, 0.1) is 5.41 Å². The highest BCUT2D eigenvalue weighted by Crippen LogP contribution is 2.66. The standard InChI is InChI=1S/C14H14Cl2O4/c1-13(8-4-5-9(15)10(16)6-8)7-14(13,11(17)19-2)12(18)20-3/h4-6H,7H2,1-3H3. The first kappa shape index (κ1) is 15.1. The molecule has 0 bridgehead atoms. The van der Waals surface area contributed by atoms with Crippen molar-refractivity contribution in [2.24, 2.45) is 5.41 Å². The van der Waals surface area contributed by atoms with Gasteiger partial charge in [0.2, 0.25) is 0 Å². The molecule has 1 aliphatic rings. The van der Waals surface area contributed by atoms with E-state index in [1.54, 1.807) is 25.1 Å². The van der Waals surface area contributed by atoms with E-state index in [2.05, 4.69) is 0 Å². The second-order valence-electron chi connectivity index (χ2n) is 5.03. The Balaban J connectivity index is 2.48. The van der Waals surface area contributed by atoms with Crippen LogP contribution in [0.1, 0.15) is 18.9 Å². The summed E-state index contributed by atoms with van der Waals surface area (Å²) in [4.78, 5) is 24.1. The second-order valence-corrected chi connectivity index (χ2v) is 5.84. The number of methoxy groups -OCH3 is 2. The summed E-state index contributed by atoms with van der Waals surface area (Å²) in [6, 6.07) is 5.06. The molecule has 1 saturated carbocycles. The Labute approximate surface area is 127 Å². The Hall–Kier alpha value is -1.26. The lowest BCUT2D eigenvalue weighted by Crippen LogP contribution is -2.35. The molecule has 1 unspecified atom stereocenters. The van der Waals surface area contributed by atoms with E-state index in [9.17, 15) is 9.59 Å². The minimum Gasteiger partial charge on any atom is -0.468 e. The number of halogens is 2. The van der Waals surface area contributed by atoms with Crippen molar-refractivity contribution in [1.29, 1.82) is 0 Å². The van der Waals surface area contributed by atoms with Crippen LogP contribution < -0.4 is 0 Å². The molecule has 6 heteroatoms. The van der Waals surface area contributed by atoms with Crippen molar-refractivity contribution in [3.05, 3.63) is 33.8 Å². The van der Waals surface area contributed by atoms with Crippen LogP contribution in [-0.2, 0) is 24.5 Å². The molecule has 2 rings (SSSR count). The third-order valence-electron chi connectivity index (χ3n) is 4.06. The fraction of sp³-hybridized carbons (Fsp3) is 0.429. The van der Waals surface area contributed by atoms with Gasteiger partial charge in [-0.2, -0.15) is 0 Å². The molecule has 1 aromatic carbocycles. The molecule has 1 atom stereocenters. The van der Waals surface area contributed by atoms with Crippen LogP contribution in [-0.4, -0.2) is 26.2 Å². The second kappa shape index (κ2) is 4.93. The molecule has 0 radical (unpaired) electrons. The number of benzene rings is 1. The lowest BCUT2D eigenvalue weighted by molar-refractivity contribution is -0.162. The number of hydrogen-bond donors (Lipinski definition) is 0. The third kappa shape index (κ3) is 1.90. The molecule has 1 fully saturated rings. The highest BCUT2D eigenvalue weighted by atomic mass is 35.5. The zero-order valence-electron chi connectivity index (χ0n) is 11.3. The minimum atomic E-state index is -1.31. The average Bonchev–Trinajstić information content (AvgIpc) is 3.09. The van der Waals surface area contributed by atoms with Crippen LogP contribution in [0.25, 0.3) is 0 Å². The Bertz CT molecular complexity index is 569. The van der Waals surface area contributed by atoms with Crippen LogP contribution in [0.3, 0.4) is 0 Å². The van der Waals surface area contributed by atoms with Gasteiger partial charge in [0.05, 0.1) is 24.3 Å². The fourth-order valence-corrected chi connectivity index (χ4v) is 3.00. The number of ether oxygens (including phenoxy) is 2. The van der Waals surface area contributed by atoms with E-state index in [0.717, 1.165) is 5.56 Å². The molecule has 0 amide bonds. The molecule has 0 heterocycles. The normalized spacial score (nSPS) is 23.1. The number of carbonyl (C=O) groups excluding carboxylic acids is 2. The Kier molecular flexibility index (Phi) is 3.73. The first-order valence-electron chi connectivity index (χ1n) is 5.96. The van der Waals surface area contributed by atoms with Gasteiger partial charge in [0.15, 0.2) is 5.41 Å². The molecule has 0 aromatic heterocycles. The molecule has 0 aliphatic heterocycles. The third-order valence-corrected chi connectivity index (χ3v) is 4.80. The van der Waals surface area contributed by atoms with E-state index in [4.69, 9.17) is 32.7 Å². The van der Waals surface area contributed by atoms with Gasteiger partial charge in [-0.1, -0.05) is 36.2 Å². The topological polar surface area (TPSA) is 52.6 Å². The summed E-state index contributed by atoms with van der Waals surface area (Å²) in [5.41, 5.74) is -1.27. The van der Waals surface area contributed by atoms with Crippen molar-refractivity contribution < 1.29 is 19.1 Å². The maximum absolute atomic E-state index is 12.1. The van der Waals surface area contributed by atoms with Crippen molar-refractivity contribution in [2.45, 2.75) is 18.8 Å². The van der Waals surface area contributed by atoms with Crippen LogP contribution in [0.15, 0.2) is 18.2 Å². The van der Waals surface area contributed by atoms with Gasteiger partial charge in [-0.05, 0) is 24.1 Å². The monoisotopic (exact) mass is 316 g/mol. The predicted molar refractivity (Wildman–Crippen MR) is 74.9 cm³/mol. The van der Waals surface area contributed by atoms with Gasteiger partial charge in [0, 0.05) is 5.41 Å². The predicted octanol–water partition coefficient (Wildman–Crippen LogP) is 2.99. The van der Waals surface area contributed by atoms with Crippen molar-refractivity contribution in [3.8, 4) is 0 Å². The van der Waals surface area contributed by atoms with Gasteiger partial charge in [0.1, 0.15) is 0 Å². The molecule has 0 saturated heterocycles. The Morgan fingerprint density at radius 3 is 2.10 bits per heavy atom. The summed E-state index contributed by atoms with van der Waals surface area (Å²) in [5.74, 6) is -1.20. The van der Waals surface area contributed by atoms with Crippen molar-refractivity contribution >= 4 is 35.1 Å². The van der Waals surface area contributed by atoms with Crippen LogP contribution >= 0.6 is 23.2 Å². The van der Waals surface area contributed by atoms with Gasteiger partial charge < -0.3 is 9.47 Å². The summed E-state index contributed by atoms with van der Waals surface area (Å²) < 4.78 is 9.55. The molecular weight excluding hydrogens is 303 g/mol. The zero-order chi connectivity index (χ0) is 15.1. The van der Waals surface area contributed by atoms with Gasteiger partial charge in [0.25, 0.3) is 0 Å². The van der Waals surface area contributed by atoms with Crippen LogP contribution in [0.2, 0.25) is 10.0 Å². The van der Waals surface area contributed by atoms with Gasteiger partial charge in [-0.25, -0.2) is 0 Å². The molecule has 20 heavy (non-hydrogen) atoms. The summed E-state index contributed by atoms with van der Waals surface area (Å²) in [6.45, 7) is 1.81. The molecule has 108 valence electrons. The lowest BCUT2D eigenvalue weighted by atomic mass is 9.87. The number of hydrogen-bond acceptors (Lipinski definition) is 4. The fourth-order valence-electron chi connectivity index (χ4n) is 2.70. The smallest absolute Gasteiger partial charge is 0.324 e. The highest BCUT2D eigenvalue weighted by molar-refractivity contribution is 6.42. The number of carbonyl (C=O) groups is 2. The average molecular weight is 317 g/mol. The van der Waals surface area contributed by atoms with Crippen molar-refractivity contribution in [2.75, 3.05) is 14.2 Å². The minimum absolute atomic E-state index is 0.317. The number of rotatable bonds is 3. The summed E-state index contributed by atoms with van der Waals surface area (Å²) >= 11 is 11.9. The quantitative estimate of drug-likeness (QED) is 0.635. The van der Waals surface area contributed by atoms with Gasteiger partial charge in [-0.15, -0.1) is 0 Å². The first-order chi connectivity index (χ1) is 9.33. The van der Waals surface area contributed by atoms with E-state index in [1.165, 1.54) is 14.2 Å². The van der Waals surface area contributed by atoms with E-state index >= 15 is 0 Å². The lowest BCUT2D eigenvalue weighted by Gasteiger charge is -2.19. The maximum atomic E-state index is 12.1. The highest BCUT2D eigenvalue weighted by Gasteiger charge is 2.76. The largest absolute Gasteiger partial charge is 0.468 e. The first-order valence-corrected chi connectivity index (χ1v) is 6.71. The van der Waals surface area contributed by atoms with E-state index in [0.29, 0.717) is 16.5 Å². The summed E-state index contributed by atoms with van der Waals surface area (Å²) in [7, 11) is 2.50. The van der Waals surface area contributed by atoms with E-state index in [1.807, 2.05) is 0 Å². The summed E-state index contributed by atoms with van der Waals surface area (Å²) in [5, 5.41) is 0.794. The molecule has 4 nitrogen and oxygen atoms in total. The Morgan fingerprint density at radius 1 is 1.10 bits per heavy atom. The Morgan fingerprint density at radius 2 is 1.65 bits per heavy atom. The molecular formula is C14H14Cl2O4. The van der Waals surface area contributed by atoms with Crippen LogP contribution in [0.4, 0.5) is 0 Å². The molecule has 0 N–H and O–H groups in total. The van der Waals surface area contributed by atoms with E-state index in [-0.39, 0.29) is 0 Å². The molecule has 1 aromatic rings. The maximum Gasteiger partial charge on any atom is 0.324 e. The van der Waals surface area contributed by atoms with Crippen molar-refractivity contribution in [3.63, 3.8) is 0 Å². The van der Waals surface area contributed by atoms with Crippen LogP contribution in [0.5, 0.6) is 0 Å². The van der Waals surface area contributed by atoms with Crippen molar-refractivity contribution in [1.82, 2.24) is 0 Å². The summed E-state index contributed by atoms with van der Waals surface area (Å²) in [6.07, 6.45) is 0.317. The SMILES string of the molecule is COC(=O)C1(C(=O)OC)CC1(C)c1ccc(Cl)c(Cl)c1. The molecule has 1 aliphatic carbocycles. The van der Waals surface area contributed by atoms with E-state index < -0.39 is 22.8 Å².